The van der Waals surface area contributed by atoms with Crippen LogP contribution in [0.4, 0.5) is 22.0 Å². The average Bonchev–Trinajstić information content (AvgIpc) is 3.11. The van der Waals surface area contributed by atoms with Crippen LogP contribution in [-0.2, 0) is 6.18 Å². The van der Waals surface area contributed by atoms with Gasteiger partial charge in [0.2, 0.25) is 5.82 Å². The fourth-order valence-electron chi connectivity index (χ4n) is 2.08. The first-order valence-electron chi connectivity index (χ1n) is 7.36. The number of alkyl halides is 3. The van der Waals surface area contributed by atoms with E-state index in [0.29, 0.717) is 0 Å². The van der Waals surface area contributed by atoms with E-state index in [1.807, 2.05) is 0 Å². The zero-order valence-electron chi connectivity index (χ0n) is 13.3. The minimum Gasteiger partial charge on any atom is -0.485 e. The van der Waals surface area contributed by atoms with E-state index in [-0.39, 0.29) is 16.9 Å². The van der Waals surface area contributed by atoms with Gasteiger partial charge in [-0.2, -0.15) is 18.2 Å². The van der Waals surface area contributed by atoms with Crippen molar-refractivity contribution in [2.75, 3.05) is 6.61 Å². The topological polar surface area (TPSA) is 65.2 Å². The molecular formula is C17H9F5N2O3. The molecule has 0 aliphatic rings. The lowest BCUT2D eigenvalue weighted by molar-refractivity contribution is -0.159. The van der Waals surface area contributed by atoms with Crippen molar-refractivity contribution in [3.8, 4) is 17.1 Å². The maximum Gasteiger partial charge on any atom is 0.471 e. The van der Waals surface area contributed by atoms with Crippen LogP contribution in [0.1, 0.15) is 16.2 Å². The van der Waals surface area contributed by atoms with E-state index in [1.54, 1.807) is 0 Å². The van der Waals surface area contributed by atoms with Crippen LogP contribution in [0.25, 0.3) is 11.4 Å². The molecule has 0 saturated heterocycles. The van der Waals surface area contributed by atoms with E-state index in [2.05, 4.69) is 14.7 Å². The van der Waals surface area contributed by atoms with Gasteiger partial charge in [-0.1, -0.05) is 11.2 Å². The summed E-state index contributed by atoms with van der Waals surface area (Å²) < 4.78 is 73.6. The molecule has 0 amide bonds. The van der Waals surface area contributed by atoms with Gasteiger partial charge in [-0.15, -0.1) is 0 Å². The minimum absolute atomic E-state index is 0.0714. The number of ether oxygens (including phenoxy) is 1. The molecule has 0 unspecified atom stereocenters. The van der Waals surface area contributed by atoms with Crippen LogP contribution in [0.3, 0.4) is 0 Å². The monoisotopic (exact) mass is 384 g/mol. The van der Waals surface area contributed by atoms with Crippen LogP contribution in [0, 0.1) is 11.6 Å². The molecule has 2 aromatic carbocycles. The number of carbonyl (C=O) groups excluding carboxylic acids is 1. The number of hydrogen-bond donors (Lipinski definition) is 0. The highest BCUT2D eigenvalue weighted by molar-refractivity contribution is 5.97. The predicted octanol–water partition coefficient (Wildman–Crippen LogP) is 4.30. The van der Waals surface area contributed by atoms with Crippen molar-refractivity contribution in [3.63, 3.8) is 0 Å². The Balaban J connectivity index is 1.73. The summed E-state index contributed by atoms with van der Waals surface area (Å²) in [7, 11) is 0. The number of rotatable bonds is 5. The standard InChI is InChI=1S/C17H9F5N2O3/c18-10-2-4-11(5-3-10)26-8-14(25)9-1-6-12(13(19)7-9)15-23-16(27-24-15)17(20,21)22/h1-7H,8H2. The maximum atomic E-state index is 14.2. The molecule has 10 heteroatoms. The SMILES string of the molecule is O=C(COc1ccc(F)cc1)c1ccc(-c2noc(C(F)(F)F)n2)c(F)c1. The van der Waals surface area contributed by atoms with Crippen molar-refractivity contribution < 1.29 is 36.0 Å². The van der Waals surface area contributed by atoms with Gasteiger partial charge >= 0.3 is 12.1 Å². The lowest BCUT2D eigenvalue weighted by Crippen LogP contribution is -2.12. The molecule has 0 fully saturated rings. The lowest BCUT2D eigenvalue weighted by atomic mass is 10.1. The van der Waals surface area contributed by atoms with E-state index < -0.39 is 41.9 Å². The van der Waals surface area contributed by atoms with Gasteiger partial charge in [0.1, 0.15) is 17.4 Å². The van der Waals surface area contributed by atoms with Crippen LogP contribution >= 0.6 is 0 Å². The highest BCUT2D eigenvalue weighted by Gasteiger charge is 2.38. The highest BCUT2D eigenvalue weighted by atomic mass is 19.4. The summed E-state index contributed by atoms with van der Waals surface area (Å²) in [5.41, 5.74) is -0.428. The van der Waals surface area contributed by atoms with E-state index >= 15 is 0 Å². The second kappa shape index (κ2) is 7.14. The Morgan fingerprint density at radius 2 is 1.78 bits per heavy atom. The third kappa shape index (κ3) is 4.27. The number of ketones is 1. The molecule has 0 aliphatic heterocycles. The largest absolute Gasteiger partial charge is 0.485 e. The first-order valence-corrected chi connectivity index (χ1v) is 7.36. The Kier molecular flexibility index (Phi) is 4.89. The molecule has 0 radical (unpaired) electrons. The van der Waals surface area contributed by atoms with E-state index in [1.165, 1.54) is 18.2 Å². The molecule has 27 heavy (non-hydrogen) atoms. The molecule has 3 rings (SSSR count). The lowest BCUT2D eigenvalue weighted by Gasteiger charge is -2.06. The quantitative estimate of drug-likeness (QED) is 0.485. The van der Waals surface area contributed by atoms with Gasteiger partial charge in [-0.25, -0.2) is 8.78 Å². The van der Waals surface area contributed by atoms with Crippen molar-refractivity contribution in [2.24, 2.45) is 0 Å². The molecule has 0 aliphatic carbocycles. The van der Waals surface area contributed by atoms with E-state index in [9.17, 15) is 26.7 Å². The minimum atomic E-state index is -4.85. The number of carbonyl (C=O) groups is 1. The zero-order valence-corrected chi connectivity index (χ0v) is 13.3. The number of Topliss-reactive ketones (excluding diaryl/α,β-unsaturated/α-hetero) is 1. The van der Waals surface area contributed by atoms with Gasteiger partial charge < -0.3 is 9.26 Å². The van der Waals surface area contributed by atoms with Gasteiger partial charge in [0.15, 0.2) is 12.4 Å². The Morgan fingerprint density at radius 3 is 2.37 bits per heavy atom. The molecule has 0 atom stereocenters. The Bertz CT molecular complexity index is 967. The molecular weight excluding hydrogens is 375 g/mol. The summed E-state index contributed by atoms with van der Waals surface area (Å²) in [6, 6.07) is 8.02. The van der Waals surface area contributed by atoms with Crippen LogP contribution < -0.4 is 4.74 Å². The van der Waals surface area contributed by atoms with E-state index in [4.69, 9.17) is 4.74 Å². The summed E-state index contributed by atoms with van der Waals surface area (Å²) in [4.78, 5) is 15.1. The van der Waals surface area contributed by atoms with Crippen LogP contribution in [0.15, 0.2) is 47.0 Å². The molecule has 0 N–H and O–H groups in total. The molecule has 1 aromatic heterocycles. The fraction of sp³-hybridized carbons (Fsp3) is 0.118. The van der Waals surface area contributed by atoms with Gasteiger partial charge in [-0.3, -0.25) is 4.79 Å². The van der Waals surface area contributed by atoms with Crippen molar-refractivity contribution in [1.82, 2.24) is 10.1 Å². The number of hydrogen-bond acceptors (Lipinski definition) is 5. The van der Waals surface area contributed by atoms with Crippen molar-refractivity contribution >= 4 is 5.78 Å². The third-order valence-electron chi connectivity index (χ3n) is 3.38. The maximum absolute atomic E-state index is 14.2. The van der Waals surface area contributed by atoms with Gasteiger partial charge in [0.05, 0.1) is 5.56 Å². The van der Waals surface area contributed by atoms with E-state index in [0.717, 1.165) is 24.3 Å². The number of aromatic nitrogens is 2. The summed E-state index contributed by atoms with van der Waals surface area (Å²) in [5.74, 6) is -4.02. The Hall–Kier alpha value is -3.30. The number of benzene rings is 2. The summed E-state index contributed by atoms with van der Waals surface area (Å²) >= 11 is 0. The van der Waals surface area contributed by atoms with Gasteiger partial charge in [0.25, 0.3) is 0 Å². The first kappa shape index (κ1) is 18.5. The van der Waals surface area contributed by atoms with Gasteiger partial charge in [0, 0.05) is 5.56 Å². The molecule has 0 spiro atoms. The molecule has 1 heterocycles. The summed E-state index contributed by atoms with van der Waals surface area (Å²) in [5, 5.41) is 3.08. The zero-order chi connectivity index (χ0) is 19.6. The second-order valence-corrected chi connectivity index (χ2v) is 5.28. The molecule has 3 aromatic rings. The molecule has 5 nitrogen and oxygen atoms in total. The van der Waals surface area contributed by atoms with Crippen molar-refractivity contribution in [2.45, 2.75) is 6.18 Å². The Labute approximate surface area is 148 Å². The molecule has 0 bridgehead atoms. The Morgan fingerprint density at radius 1 is 1.07 bits per heavy atom. The normalized spacial score (nSPS) is 11.4. The summed E-state index contributed by atoms with van der Waals surface area (Å²) in [6.07, 6.45) is -4.85. The number of nitrogens with zero attached hydrogens (tertiary/aromatic N) is 2. The van der Waals surface area contributed by atoms with Crippen LogP contribution in [0.5, 0.6) is 5.75 Å². The second-order valence-electron chi connectivity index (χ2n) is 5.28. The molecule has 140 valence electrons. The van der Waals surface area contributed by atoms with Gasteiger partial charge in [-0.05, 0) is 36.4 Å². The highest BCUT2D eigenvalue weighted by Crippen LogP contribution is 2.30. The predicted molar refractivity (Wildman–Crippen MR) is 80.9 cm³/mol. The van der Waals surface area contributed by atoms with Crippen molar-refractivity contribution in [1.29, 1.82) is 0 Å². The summed E-state index contributed by atoms with van der Waals surface area (Å²) in [6.45, 7) is -0.440. The smallest absolute Gasteiger partial charge is 0.471 e. The van der Waals surface area contributed by atoms with Crippen LogP contribution in [-0.4, -0.2) is 22.5 Å². The number of halogens is 5. The van der Waals surface area contributed by atoms with Crippen LogP contribution in [0.2, 0.25) is 0 Å². The molecule has 0 saturated carbocycles. The fourth-order valence-corrected chi connectivity index (χ4v) is 2.08. The average molecular weight is 384 g/mol. The van der Waals surface area contributed by atoms with Crippen molar-refractivity contribution in [3.05, 3.63) is 65.6 Å². The first-order chi connectivity index (χ1) is 12.7. The third-order valence-corrected chi connectivity index (χ3v) is 3.38.